The minimum atomic E-state index is -4.07. The molecule has 2 amide bonds. The summed E-state index contributed by atoms with van der Waals surface area (Å²) in [4.78, 5) is 19.6. The molecule has 0 saturated carbocycles. The number of urea groups is 1. The number of ether oxygens (including phenoxy) is 1. The van der Waals surface area contributed by atoms with Crippen LogP contribution in [-0.4, -0.2) is 41.3 Å². The van der Waals surface area contributed by atoms with Crippen LogP contribution in [0.15, 0.2) is 23.4 Å². The summed E-state index contributed by atoms with van der Waals surface area (Å²) in [5.41, 5.74) is 0.551. The maximum atomic E-state index is 11.9. The number of aromatic nitrogens is 4. The second kappa shape index (κ2) is 5.97. The van der Waals surface area contributed by atoms with E-state index in [1.807, 2.05) is 4.72 Å². The molecule has 0 aliphatic heterocycles. The third kappa shape index (κ3) is 3.69. The van der Waals surface area contributed by atoms with Gasteiger partial charge in [-0.05, 0) is 13.0 Å². The highest BCUT2D eigenvalue weighted by Crippen LogP contribution is 2.11. The van der Waals surface area contributed by atoms with E-state index in [0.29, 0.717) is 5.69 Å². The van der Waals surface area contributed by atoms with E-state index in [4.69, 9.17) is 4.74 Å². The van der Waals surface area contributed by atoms with Crippen LogP contribution in [0.25, 0.3) is 0 Å². The van der Waals surface area contributed by atoms with E-state index >= 15 is 0 Å². The van der Waals surface area contributed by atoms with Crippen LogP contribution in [0.2, 0.25) is 0 Å². The largest absolute Gasteiger partial charge is 0.481 e. The van der Waals surface area contributed by atoms with E-state index in [2.05, 4.69) is 20.4 Å². The van der Waals surface area contributed by atoms with Crippen molar-refractivity contribution in [2.45, 2.75) is 11.9 Å². The minimum Gasteiger partial charge on any atom is -0.481 e. The summed E-state index contributed by atoms with van der Waals surface area (Å²) < 4.78 is 31.9. The predicted molar refractivity (Wildman–Crippen MR) is 75.9 cm³/mol. The third-order valence-electron chi connectivity index (χ3n) is 2.46. The van der Waals surface area contributed by atoms with Crippen molar-refractivity contribution in [1.82, 2.24) is 24.5 Å². The first kappa shape index (κ1) is 15.7. The summed E-state index contributed by atoms with van der Waals surface area (Å²) in [7, 11) is -1.09. The van der Waals surface area contributed by atoms with Crippen LogP contribution in [0.4, 0.5) is 10.7 Å². The molecule has 0 spiro atoms. The summed E-state index contributed by atoms with van der Waals surface area (Å²) in [6.07, 6.45) is 1.45. The normalized spacial score (nSPS) is 11.0. The van der Waals surface area contributed by atoms with Gasteiger partial charge >= 0.3 is 6.03 Å². The van der Waals surface area contributed by atoms with Crippen LogP contribution in [0, 0.1) is 6.92 Å². The average Bonchev–Trinajstić information content (AvgIpc) is 2.84. The molecule has 118 valence electrons. The molecular formula is C11H14N6O4S. The topological polar surface area (TPSA) is 128 Å². The number of carbonyl (C=O) groups excluding carboxylic acids is 1. The molecule has 2 aromatic heterocycles. The molecule has 0 aliphatic carbocycles. The lowest BCUT2D eigenvalue weighted by atomic mass is 10.4. The molecule has 22 heavy (non-hydrogen) atoms. The van der Waals surface area contributed by atoms with Crippen molar-refractivity contribution in [1.29, 1.82) is 0 Å². The van der Waals surface area contributed by atoms with E-state index in [-0.39, 0.29) is 16.9 Å². The van der Waals surface area contributed by atoms with Gasteiger partial charge in [-0.25, -0.2) is 14.5 Å². The highest BCUT2D eigenvalue weighted by atomic mass is 32.2. The van der Waals surface area contributed by atoms with Crippen molar-refractivity contribution in [2.24, 2.45) is 7.05 Å². The Kier molecular flexibility index (Phi) is 4.26. The van der Waals surface area contributed by atoms with E-state index in [1.54, 1.807) is 20.0 Å². The Morgan fingerprint density at radius 1 is 1.36 bits per heavy atom. The fraction of sp³-hybridized carbons (Fsp3) is 0.273. The van der Waals surface area contributed by atoms with Crippen molar-refractivity contribution in [3.05, 3.63) is 24.0 Å². The fourth-order valence-electron chi connectivity index (χ4n) is 1.54. The van der Waals surface area contributed by atoms with Gasteiger partial charge in [-0.15, -0.1) is 0 Å². The first-order chi connectivity index (χ1) is 10.3. The quantitative estimate of drug-likeness (QED) is 0.811. The van der Waals surface area contributed by atoms with Crippen LogP contribution in [0.5, 0.6) is 5.88 Å². The lowest BCUT2D eigenvalue weighted by Crippen LogP contribution is -2.35. The number of anilines is 1. The highest BCUT2D eigenvalue weighted by molar-refractivity contribution is 7.90. The van der Waals surface area contributed by atoms with Crippen LogP contribution in [-0.2, 0) is 17.1 Å². The van der Waals surface area contributed by atoms with Crippen molar-refractivity contribution in [3.63, 3.8) is 0 Å². The molecule has 0 bridgehead atoms. The van der Waals surface area contributed by atoms with Crippen LogP contribution >= 0.6 is 0 Å². The Balaban J connectivity index is 2.12. The maximum absolute atomic E-state index is 11.9. The number of methoxy groups -OCH3 is 1. The number of hydrogen-bond donors (Lipinski definition) is 2. The van der Waals surface area contributed by atoms with Gasteiger partial charge in [-0.1, -0.05) is 0 Å². The lowest BCUT2D eigenvalue weighted by Gasteiger charge is -2.07. The molecule has 11 heteroatoms. The summed E-state index contributed by atoms with van der Waals surface area (Å²) in [5.74, 6) is 0.168. The summed E-state index contributed by atoms with van der Waals surface area (Å²) >= 11 is 0. The summed E-state index contributed by atoms with van der Waals surface area (Å²) in [5, 5.41) is 5.67. The molecule has 10 nitrogen and oxygen atoms in total. The molecule has 0 fully saturated rings. The van der Waals surface area contributed by atoms with Gasteiger partial charge in [-0.2, -0.15) is 18.5 Å². The van der Waals surface area contributed by atoms with Crippen LogP contribution < -0.4 is 14.8 Å². The van der Waals surface area contributed by atoms with E-state index in [1.165, 1.54) is 24.1 Å². The van der Waals surface area contributed by atoms with Gasteiger partial charge in [0.25, 0.3) is 10.0 Å². The van der Waals surface area contributed by atoms with Gasteiger partial charge < -0.3 is 4.74 Å². The number of aryl methyl sites for hydroxylation is 2. The third-order valence-corrected chi connectivity index (χ3v) is 3.68. The molecular weight excluding hydrogens is 312 g/mol. The SMILES string of the molecule is COc1cc(C)nc(NC(=O)NS(=O)(=O)c2ccn(C)n2)n1. The zero-order valence-corrected chi connectivity index (χ0v) is 12.9. The molecule has 0 radical (unpaired) electrons. The van der Waals surface area contributed by atoms with Crippen molar-refractivity contribution >= 4 is 22.0 Å². The molecule has 2 heterocycles. The fourth-order valence-corrected chi connectivity index (χ4v) is 2.41. The molecule has 0 saturated heterocycles. The van der Waals surface area contributed by atoms with E-state index < -0.39 is 16.1 Å². The number of hydrogen-bond acceptors (Lipinski definition) is 7. The highest BCUT2D eigenvalue weighted by Gasteiger charge is 2.21. The van der Waals surface area contributed by atoms with E-state index in [9.17, 15) is 13.2 Å². The Bertz CT molecular complexity index is 801. The standard InChI is InChI=1S/C11H14N6O4S/c1-7-6-8(21-3)13-10(12-7)14-11(18)16-22(19,20)9-4-5-17(2)15-9/h4-6H,1-3H3,(H2,12,13,14,16,18). The molecule has 2 rings (SSSR count). The first-order valence-corrected chi connectivity index (χ1v) is 7.51. The smallest absolute Gasteiger partial charge is 0.335 e. The second-order valence-electron chi connectivity index (χ2n) is 4.26. The summed E-state index contributed by atoms with van der Waals surface area (Å²) in [6, 6.07) is 1.83. The zero-order valence-electron chi connectivity index (χ0n) is 12.1. The number of amides is 2. The molecule has 0 aromatic carbocycles. The molecule has 2 aromatic rings. The molecule has 2 N–H and O–H groups in total. The molecule has 0 atom stereocenters. The first-order valence-electron chi connectivity index (χ1n) is 6.03. The Labute approximate surface area is 126 Å². The van der Waals surface area contributed by atoms with Crippen molar-refractivity contribution in [2.75, 3.05) is 12.4 Å². The van der Waals surface area contributed by atoms with Gasteiger partial charge in [0, 0.05) is 25.0 Å². The number of rotatable bonds is 4. The zero-order chi connectivity index (χ0) is 16.3. The number of nitrogens with zero attached hydrogens (tertiary/aromatic N) is 4. The van der Waals surface area contributed by atoms with Gasteiger partial charge in [-0.3, -0.25) is 10.00 Å². The average molecular weight is 326 g/mol. The van der Waals surface area contributed by atoms with Crippen molar-refractivity contribution in [3.8, 4) is 5.88 Å². The minimum absolute atomic E-state index is 0.0782. The van der Waals surface area contributed by atoms with E-state index in [0.717, 1.165) is 0 Å². The lowest BCUT2D eigenvalue weighted by molar-refractivity contribution is 0.256. The number of nitrogens with one attached hydrogen (secondary N) is 2. The Morgan fingerprint density at radius 3 is 2.68 bits per heavy atom. The van der Waals surface area contributed by atoms with Gasteiger partial charge in [0.2, 0.25) is 11.8 Å². The maximum Gasteiger partial charge on any atom is 0.335 e. The van der Waals surface area contributed by atoms with Crippen molar-refractivity contribution < 1.29 is 17.9 Å². The van der Waals surface area contributed by atoms with Gasteiger partial charge in [0.15, 0.2) is 5.03 Å². The monoisotopic (exact) mass is 326 g/mol. The summed E-state index contributed by atoms with van der Waals surface area (Å²) in [6.45, 7) is 1.68. The predicted octanol–water partition coefficient (Wildman–Crippen LogP) is 0.0375. The molecule has 0 unspecified atom stereocenters. The second-order valence-corrected chi connectivity index (χ2v) is 5.89. The van der Waals surface area contributed by atoms with Gasteiger partial charge in [0.1, 0.15) is 0 Å². The van der Waals surface area contributed by atoms with Crippen LogP contribution in [0.3, 0.4) is 0 Å². The number of carbonyl (C=O) groups is 1. The Hall–Kier alpha value is -2.69. The van der Waals surface area contributed by atoms with Crippen LogP contribution in [0.1, 0.15) is 5.69 Å². The number of sulfonamides is 1. The molecule has 0 aliphatic rings. The Morgan fingerprint density at radius 2 is 2.09 bits per heavy atom. The van der Waals surface area contributed by atoms with Gasteiger partial charge in [0.05, 0.1) is 7.11 Å².